The summed E-state index contributed by atoms with van der Waals surface area (Å²) in [6, 6.07) is 2.28. The number of methoxy groups -OCH3 is 1. The minimum Gasteiger partial charge on any atom is -0.469 e. The van der Waals surface area contributed by atoms with E-state index in [0.717, 1.165) is 18.9 Å². The summed E-state index contributed by atoms with van der Waals surface area (Å²) in [5.74, 6) is -2.09. The van der Waals surface area contributed by atoms with Crippen LogP contribution in [0, 0.1) is 11.7 Å². The van der Waals surface area contributed by atoms with Gasteiger partial charge in [0.25, 0.3) is 0 Å². The van der Waals surface area contributed by atoms with Gasteiger partial charge in [-0.2, -0.15) is 0 Å². The minimum absolute atomic E-state index is 0.108. The van der Waals surface area contributed by atoms with Gasteiger partial charge < -0.3 is 9.84 Å². The topological polar surface area (TPSA) is 46.5 Å². The van der Waals surface area contributed by atoms with Crippen molar-refractivity contribution < 1.29 is 19.0 Å². The highest BCUT2D eigenvalue weighted by atomic mass is 35.5. The molecule has 0 heterocycles. The van der Waals surface area contributed by atoms with Crippen molar-refractivity contribution in [2.45, 2.75) is 38.7 Å². The Morgan fingerprint density at radius 3 is 2.57 bits per heavy atom. The standard InChI is InChI=1S/C15H19Cl2FO3/c1-4-5-6-9(14(19)21-3)15(2,20)10-7-13(18)12(17)8-11(10)16/h7-9,20H,4-6H2,1-3H3. The van der Waals surface area contributed by atoms with Gasteiger partial charge in [0.05, 0.1) is 18.1 Å². The van der Waals surface area contributed by atoms with E-state index in [9.17, 15) is 14.3 Å². The first-order valence-electron chi connectivity index (χ1n) is 6.70. The van der Waals surface area contributed by atoms with E-state index in [1.807, 2.05) is 6.92 Å². The number of hydrogen-bond donors (Lipinski definition) is 1. The van der Waals surface area contributed by atoms with Crippen LogP contribution in [0.25, 0.3) is 0 Å². The summed E-state index contributed by atoms with van der Waals surface area (Å²) in [5, 5.41) is 10.7. The van der Waals surface area contributed by atoms with E-state index < -0.39 is 23.3 Å². The van der Waals surface area contributed by atoms with Crippen LogP contribution in [0.15, 0.2) is 12.1 Å². The van der Waals surface area contributed by atoms with Crippen molar-refractivity contribution in [3.05, 3.63) is 33.6 Å². The summed E-state index contributed by atoms with van der Waals surface area (Å²) >= 11 is 11.7. The Kier molecular flexibility index (Phi) is 6.44. The third-order valence-corrected chi connectivity index (χ3v) is 4.17. The van der Waals surface area contributed by atoms with Gasteiger partial charge in [-0.1, -0.05) is 43.0 Å². The van der Waals surface area contributed by atoms with E-state index in [-0.39, 0.29) is 15.6 Å². The van der Waals surface area contributed by atoms with Crippen LogP contribution in [-0.2, 0) is 15.1 Å². The summed E-state index contributed by atoms with van der Waals surface area (Å²) < 4.78 is 18.4. The largest absolute Gasteiger partial charge is 0.469 e. The average molecular weight is 337 g/mol. The first kappa shape index (κ1) is 18.2. The summed E-state index contributed by atoms with van der Waals surface area (Å²) in [7, 11) is 1.25. The molecule has 0 amide bonds. The SMILES string of the molecule is CCCCC(C(=O)OC)C(C)(O)c1cc(F)c(Cl)cc1Cl. The fourth-order valence-corrected chi connectivity index (χ4v) is 2.85. The number of carbonyl (C=O) groups is 1. The van der Waals surface area contributed by atoms with E-state index in [2.05, 4.69) is 0 Å². The molecule has 0 fully saturated rings. The second kappa shape index (κ2) is 7.43. The van der Waals surface area contributed by atoms with Crippen molar-refractivity contribution in [3.63, 3.8) is 0 Å². The highest BCUT2D eigenvalue weighted by Gasteiger charge is 2.41. The lowest BCUT2D eigenvalue weighted by molar-refractivity contribution is -0.156. The fraction of sp³-hybridized carbons (Fsp3) is 0.533. The molecule has 2 unspecified atom stereocenters. The number of halogens is 3. The third kappa shape index (κ3) is 4.09. The fourth-order valence-electron chi connectivity index (χ4n) is 2.28. The lowest BCUT2D eigenvalue weighted by Crippen LogP contribution is -2.38. The first-order chi connectivity index (χ1) is 9.75. The molecule has 0 saturated heterocycles. The van der Waals surface area contributed by atoms with Gasteiger partial charge in [0.1, 0.15) is 11.4 Å². The summed E-state index contributed by atoms with van der Waals surface area (Å²) in [6.45, 7) is 3.40. The molecule has 1 aromatic rings. The van der Waals surface area contributed by atoms with E-state index in [1.54, 1.807) is 0 Å². The quantitative estimate of drug-likeness (QED) is 0.621. The van der Waals surface area contributed by atoms with Gasteiger partial charge >= 0.3 is 5.97 Å². The Morgan fingerprint density at radius 2 is 2.05 bits per heavy atom. The lowest BCUT2D eigenvalue weighted by Gasteiger charge is -2.32. The Hall–Kier alpha value is -0.840. The molecule has 0 aliphatic heterocycles. The minimum atomic E-state index is -1.65. The Bertz CT molecular complexity index is 518. The van der Waals surface area contributed by atoms with Gasteiger partial charge in [0, 0.05) is 10.6 Å². The molecule has 0 saturated carbocycles. The molecule has 6 heteroatoms. The third-order valence-electron chi connectivity index (χ3n) is 3.57. The zero-order valence-corrected chi connectivity index (χ0v) is 13.8. The van der Waals surface area contributed by atoms with Crippen LogP contribution in [0.1, 0.15) is 38.7 Å². The maximum atomic E-state index is 13.7. The molecule has 3 nitrogen and oxygen atoms in total. The van der Waals surface area contributed by atoms with Crippen LogP contribution < -0.4 is 0 Å². The van der Waals surface area contributed by atoms with Crippen molar-refractivity contribution >= 4 is 29.2 Å². The number of hydrogen-bond acceptors (Lipinski definition) is 3. The normalized spacial score (nSPS) is 15.4. The molecule has 0 aliphatic rings. The number of rotatable bonds is 6. The Balaban J connectivity index is 3.27. The molecular weight excluding hydrogens is 318 g/mol. The van der Waals surface area contributed by atoms with Gasteiger partial charge in [0.2, 0.25) is 0 Å². The number of carbonyl (C=O) groups excluding carboxylic acids is 1. The molecule has 2 atom stereocenters. The highest BCUT2D eigenvalue weighted by Crippen LogP contribution is 2.39. The molecule has 1 rings (SSSR count). The molecule has 21 heavy (non-hydrogen) atoms. The van der Waals surface area contributed by atoms with E-state index in [4.69, 9.17) is 27.9 Å². The first-order valence-corrected chi connectivity index (χ1v) is 7.46. The predicted octanol–water partition coefficient (Wildman–Crippen LogP) is 4.32. The van der Waals surface area contributed by atoms with Gasteiger partial charge in [-0.05, 0) is 25.5 Å². The molecule has 0 aliphatic carbocycles. The van der Waals surface area contributed by atoms with Crippen molar-refractivity contribution in [1.29, 1.82) is 0 Å². The molecule has 118 valence electrons. The molecule has 0 spiro atoms. The van der Waals surface area contributed by atoms with Crippen LogP contribution >= 0.6 is 23.2 Å². The average Bonchev–Trinajstić information content (AvgIpc) is 2.42. The van der Waals surface area contributed by atoms with Gasteiger partial charge in [-0.25, -0.2) is 4.39 Å². The van der Waals surface area contributed by atoms with Crippen LogP contribution in [-0.4, -0.2) is 18.2 Å². The zero-order valence-electron chi connectivity index (χ0n) is 12.3. The van der Waals surface area contributed by atoms with E-state index >= 15 is 0 Å². The van der Waals surface area contributed by atoms with Crippen LogP contribution in [0.5, 0.6) is 0 Å². The summed E-state index contributed by atoms with van der Waals surface area (Å²) in [6.07, 6.45) is 1.99. The Morgan fingerprint density at radius 1 is 1.43 bits per heavy atom. The number of esters is 1. The number of unbranched alkanes of at least 4 members (excludes halogenated alkanes) is 1. The predicted molar refractivity (Wildman–Crippen MR) is 81.0 cm³/mol. The number of benzene rings is 1. The molecule has 0 bridgehead atoms. The molecule has 0 radical (unpaired) electrons. The van der Waals surface area contributed by atoms with Gasteiger partial charge in [-0.3, -0.25) is 4.79 Å². The smallest absolute Gasteiger partial charge is 0.311 e. The van der Waals surface area contributed by atoms with Gasteiger partial charge in [0.15, 0.2) is 0 Å². The number of aliphatic hydroxyl groups is 1. The zero-order chi connectivity index (χ0) is 16.2. The van der Waals surface area contributed by atoms with Crippen molar-refractivity contribution in [1.82, 2.24) is 0 Å². The van der Waals surface area contributed by atoms with Crippen LogP contribution in [0.3, 0.4) is 0 Å². The van der Waals surface area contributed by atoms with Crippen molar-refractivity contribution in [3.8, 4) is 0 Å². The summed E-state index contributed by atoms with van der Waals surface area (Å²) in [5.41, 5.74) is -1.53. The van der Waals surface area contributed by atoms with Crippen molar-refractivity contribution in [2.75, 3.05) is 7.11 Å². The van der Waals surface area contributed by atoms with E-state index in [1.165, 1.54) is 20.1 Å². The molecular formula is C15H19Cl2FO3. The monoisotopic (exact) mass is 336 g/mol. The van der Waals surface area contributed by atoms with Crippen LogP contribution in [0.2, 0.25) is 10.0 Å². The van der Waals surface area contributed by atoms with Crippen LogP contribution in [0.4, 0.5) is 4.39 Å². The molecule has 0 aromatic heterocycles. The second-order valence-corrected chi connectivity index (χ2v) is 5.93. The Labute approximate surface area is 134 Å². The summed E-state index contributed by atoms with van der Waals surface area (Å²) in [4.78, 5) is 12.0. The molecule has 1 N–H and O–H groups in total. The second-order valence-electron chi connectivity index (χ2n) is 5.11. The maximum Gasteiger partial charge on any atom is 0.311 e. The van der Waals surface area contributed by atoms with Gasteiger partial charge in [-0.15, -0.1) is 0 Å². The maximum absolute atomic E-state index is 13.7. The molecule has 1 aromatic carbocycles. The highest BCUT2D eigenvalue weighted by molar-refractivity contribution is 6.35. The number of ether oxygens (including phenoxy) is 1. The van der Waals surface area contributed by atoms with E-state index in [0.29, 0.717) is 6.42 Å². The lowest BCUT2D eigenvalue weighted by atomic mass is 9.80. The van der Waals surface area contributed by atoms with Crippen molar-refractivity contribution in [2.24, 2.45) is 5.92 Å².